The van der Waals surface area contributed by atoms with Crippen molar-refractivity contribution in [2.75, 3.05) is 12.4 Å². The lowest BCUT2D eigenvalue weighted by molar-refractivity contribution is -0.383. The number of carbonyl (C=O) groups excluding carboxylic acids is 1. The molecule has 0 spiro atoms. The van der Waals surface area contributed by atoms with Crippen molar-refractivity contribution in [3.05, 3.63) is 75.3 Å². The zero-order valence-electron chi connectivity index (χ0n) is 12.0. The Morgan fingerprint density at radius 2 is 1.91 bits per heavy atom. The van der Waals surface area contributed by atoms with Crippen LogP contribution in [0.1, 0.15) is 15.9 Å². The van der Waals surface area contributed by atoms with E-state index in [2.05, 4.69) is 5.32 Å². The van der Waals surface area contributed by atoms with Gasteiger partial charge in [-0.1, -0.05) is 12.1 Å². The van der Waals surface area contributed by atoms with Crippen LogP contribution in [0.15, 0.2) is 42.5 Å². The van der Waals surface area contributed by atoms with E-state index < -0.39 is 22.3 Å². The van der Waals surface area contributed by atoms with Crippen molar-refractivity contribution in [1.82, 2.24) is 0 Å². The van der Waals surface area contributed by atoms with E-state index in [0.29, 0.717) is 11.3 Å². The Labute approximate surface area is 130 Å². The van der Waals surface area contributed by atoms with E-state index in [9.17, 15) is 23.7 Å². The van der Waals surface area contributed by atoms with Crippen LogP contribution in [0.4, 0.5) is 20.2 Å². The highest BCUT2D eigenvalue weighted by Gasteiger charge is 2.13. The van der Waals surface area contributed by atoms with Crippen molar-refractivity contribution < 1.29 is 18.5 Å². The summed E-state index contributed by atoms with van der Waals surface area (Å²) in [6.07, 6.45) is 2.51. The van der Waals surface area contributed by atoms with Crippen molar-refractivity contribution in [3.63, 3.8) is 0 Å². The van der Waals surface area contributed by atoms with Crippen molar-refractivity contribution in [1.29, 1.82) is 0 Å². The molecule has 5 nitrogen and oxygen atoms in total. The summed E-state index contributed by atoms with van der Waals surface area (Å²) in [7, 11) is 1.56. The Kier molecular flexibility index (Phi) is 4.80. The summed E-state index contributed by atoms with van der Waals surface area (Å²) in [6, 6.07) is 7.24. The van der Waals surface area contributed by atoms with Crippen LogP contribution in [0.25, 0.3) is 6.08 Å². The highest BCUT2D eigenvalue weighted by Crippen LogP contribution is 2.25. The standard InChI is InChI=1S/C16H12F2N2O3/c1-19-14-6-2-10(8-15(14)20(22)23)3-7-16(21)11-4-5-12(17)13(18)9-11/h2-9,19H,1H3/b7-3+. The molecule has 0 saturated carbocycles. The molecule has 7 heteroatoms. The van der Waals surface area contributed by atoms with Gasteiger partial charge in [0.25, 0.3) is 5.69 Å². The number of benzene rings is 2. The van der Waals surface area contributed by atoms with Gasteiger partial charge < -0.3 is 5.32 Å². The van der Waals surface area contributed by atoms with Gasteiger partial charge in [-0.3, -0.25) is 14.9 Å². The van der Waals surface area contributed by atoms with Crippen LogP contribution in [0.5, 0.6) is 0 Å². The van der Waals surface area contributed by atoms with E-state index in [1.54, 1.807) is 13.1 Å². The minimum atomic E-state index is -1.11. The van der Waals surface area contributed by atoms with Crippen molar-refractivity contribution in [2.24, 2.45) is 0 Å². The quantitative estimate of drug-likeness (QED) is 0.394. The maximum Gasteiger partial charge on any atom is 0.292 e. The summed E-state index contributed by atoms with van der Waals surface area (Å²) in [5, 5.41) is 13.7. The van der Waals surface area contributed by atoms with Crippen molar-refractivity contribution in [3.8, 4) is 0 Å². The predicted octanol–water partition coefficient (Wildman–Crippen LogP) is 3.81. The highest BCUT2D eigenvalue weighted by atomic mass is 19.2. The van der Waals surface area contributed by atoms with Crippen LogP contribution in [-0.2, 0) is 0 Å². The molecule has 2 aromatic rings. The molecule has 0 aliphatic heterocycles. The van der Waals surface area contributed by atoms with Gasteiger partial charge in [0.15, 0.2) is 17.4 Å². The Morgan fingerprint density at radius 3 is 2.52 bits per heavy atom. The molecule has 0 unspecified atom stereocenters. The topological polar surface area (TPSA) is 72.2 Å². The largest absolute Gasteiger partial charge is 0.383 e. The van der Waals surface area contributed by atoms with Crippen LogP contribution in [0.2, 0.25) is 0 Å². The van der Waals surface area contributed by atoms with Gasteiger partial charge >= 0.3 is 0 Å². The predicted molar refractivity (Wildman–Crippen MR) is 82.4 cm³/mol. The number of nitrogens with one attached hydrogen (secondary N) is 1. The van der Waals surface area contributed by atoms with Gasteiger partial charge in [-0.05, 0) is 35.9 Å². The lowest BCUT2D eigenvalue weighted by atomic mass is 10.1. The molecule has 0 aliphatic rings. The molecule has 2 rings (SSSR count). The summed E-state index contributed by atoms with van der Waals surface area (Å²) in [5.74, 6) is -2.69. The van der Waals surface area contributed by atoms with E-state index in [1.165, 1.54) is 18.2 Å². The fraction of sp³-hybridized carbons (Fsp3) is 0.0625. The average molecular weight is 318 g/mol. The Balaban J connectivity index is 2.25. The third kappa shape index (κ3) is 3.76. The smallest absolute Gasteiger partial charge is 0.292 e. The van der Waals surface area contributed by atoms with Crippen LogP contribution in [0.3, 0.4) is 0 Å². The molecule has 0 atom stereocenters. The number of halogens is 2. The van der Waals surface area contributed by atoms with E-state index in [0.717, 1.165) is 24.3 Å². The first-order valence-corrected chi connectivity index (χ1v) is 6.56. The van der Waals surface area contributed by atoms with Gasteiger partial charge in [-0.15, -0.1) is 0 Å². The zero-order valence-corrected chi connectivity index (χ0v) is 12.0. The molecule has 0 saturated heterocycles. The minimum Gasteiger partial charge on any atom is -0.383 e. The molecule has 0 heterocycles. The Morgan fingerprint density at radius 1 is 1.17 bits per heavy atom. The van der Waals surface area contributed by atoms with Gasteiger partial charge in [0.1, 0.15) is 5.69 Å². The molecule has 2 aromatic carbocycles. The lowest BCUT2D eigenvalue weighted by Crippen LogP contribution is -1.98. The molecule has 0 aromatic heterocycles. The number of carbonyl (C=O) groups is 1. The number of nitro groups is 1. The van der Waals surface area contributed by atoms with Gasteiger partial charge in [0, 0.05) is 18.7 Å². The van der Waals surface area contributed by atoms with E-state index in [4.69, 9.17) is 0 Å². The number of hydrogen-bond donors (Lipinski definition) is 1. The molecule has 0 fully saturated rings. The first-order valence-electron chi connectivity index (χ1n) is 6.56. The number of ketones is 1. The fourth-order valence-electron chi connectivity index (χ4n) is 1.93. The highest BCUT2D eigenvalue weighted by molar-refractivity contribution is 6.06. The average Bonchev–Trinajstić information content (AvgIpc) is 2.54. The first kappa shape index (κ1) is 16.3. The second kappa shape index (κ2) is 6.78. The van der Waals surface area contributed by atoms with E-state index in [-0.39, 0.29) is 11.3 Å². The van der Waals surface area contributed by atoms with E-state index >= 15 is 0 Å². The van der Waals surface area contributed by atoms with Gasteiger partial charge in [-0.25, -0.2) is 8.78 Å². The van der Waals surface area contributed by atoms with Crippen molar-refractivity contribution >= 4 is 23.2 Å². The number of hydrogen-bond acceptors (Lipinski definition) is 4. The molecule has 0 bridgehead atoms. The van der Waals surface area contributed by atoms with Gasteiger partial charge in [0.2, 0.25) is 0 Å². The summed E-state index contributed by atoms with van der Waals surface area (Å²) in [6.45, 7) is 0. The van der Waals surface area contributed by atoms with Crippen LogP contribution in [-0.4, -0.2) is 17.8 Å². The third-order valence-electron chi connectivity index (χ3n) is 3.12. The molecule has 118 valence electrons. The number of nitro benzene ring substituents is 1. The molecule has 0 radical (unpaired) electrons. The molecule has 23 heavy (non-hydrogen) atoms. The molecule has 1 N–H and O–H groups in total. The molecular formula is C16H12F2N2O3. The second-order valence-electron chi connectivity index (χ2n) is 4.61. The maximum absolute atomic E-state index is 13.1. The van der Waals surface area contributed by atoms with Crippen molar-refractivity contribution in [2.45, 2.75) is 0 Å². The number of rotatable bonds is 5. The fourth-order valence-corrected chi connectivity index (χ4v) is 1.93. The normalized spacial score (nSPS) is 10.7. The molecule has 0 aliphatic carbocycles. The lowest BCUT2D eigenvalue weighted by Gasteiger charge is -2.02. The molecular weight excluding hydrogens is 306 g/mol. The van der Waals surface area contributed by atoms with Crippen LogP contribution < -0.4 is 5.32 Å². The summed E-state index contributed by atoms with van der Waals surface area (Å²) in [5.41, 5.74) is 0.641. The maximum atomic E-state index is 13.1. The SMILES string of the molecule is CNc1ccc(/C=C/C(=O)c2ccc(F)c(F)c2)cc1[N+](=O)[O-]. The van der Waals surface area contributed by atoms with E-state index in [1.807, 2.05) is 0 Å². The zero-order chi connectivity index (χ0) is 17.0. The first-order chi connectivity index (χ1) is 10.9. The minimum absolute atomic E-state index is 0.0125. The molecule has 0 amide bonds. The monoisotopic (exact) mass is 318 g/mol. The van der Waals surface area contributed by atoms with Crippen LogP contribution in [0, 0.1) is 21.7 Å². The number of allylic oxidation sites excluding steroid dienone is 1. The number of anilines is 1. The van der Waals surface area contributed by atoms with Gasteiger partial charge in [0.05, 0.1) is 4.92 Å². The summed E-state index contributed by atoms with van der Waals surface area (Å²) >= 11 is 0. The summed E-state index contributed by atoms with van der Waals surface area (Å²) in [4.78, 5) is 22.3. The Hall–Kier alpha value is -3.09. The summed E-state index contributed by atoms with van der Waals surface area (Å²) < 4.78 is 25.9. The second-order valence-corrected chi connectivity index (χ2v) is 4.61. The Bertz CT molecular complexity index is 804. The van der Waals surface area contributed by atoms with Gasteiger partial charge in [-0.2, -0.15) is 0 Å². The third-order valence-corrected chi connectivity index (χ3v) is 3.12. The van der Waals surface area contributed by atoms with Crippen LogP contribution >= 0.6 is 0 Å². The number of nitrogens with zero attached hydrogens (tertiary/aromatic N) is 1.